The van der Waals surface area contributed by atoms with Crippen LogP contribution >= 0.6 is 11.6 Å². The molecule has 42 heavy (non-hydrogen) atoms. The van der Waals surface area contributed by atoms with E-state index < -0.39 is 23.2 Å². The van der Waals surface area contributed by atoms with Crippen LogP contribution in [-0.4, -0.2) is 47.0 Å². The van der Waals surface area contributed by atoms with Crippen LogP contribution in [0.15, 0.2) is 71.7 Å². The van der Waals surface area contributed by atoms with Crippen molar-refractivity contribution in [3.8, 4) is 5.88 Å². The van der Waals surface area contributed by atoms with Crippen LogP contribution in [-0.2, 0) is 4.74 Å². The number of fused-ring (bicyclic) bond motifs is 1. The molecular formula is C31H31ClN4O6. The molecular weight excluding hydrogens is 560 g/mol. The van der Waals surface area contributed by atoms with E-state index in [1.807, 2.05) is 30.3 Å². The Morgan fingerprint density at radius 2 is 1.79 bits per heavy atom. The highest BCUT2D eigenvalue weighted by molar-refractivity contribution is 6.34. The van der Waals surface area contributed by atoms with Gasteiger partial charge in [-0.1, -0.05) is 41.9 Å². The van der Waals surface area contributed by atoms with Gasteiger partial charge in [-0.15, -0.1) is 0 Å². The van der Waals surface area contributed by atoms with Gasteiger partial charge in [0.05, 0.1) is 23.3 Å². The lowest BCUT2D eigenvalue weighted by atomic mass is 9.91. The summed E-state index contributed by atoms with van der Waals surface area (Å²) in [5.41, 5.74) is 0.378. The van der Waals surface area contributed by atoms with Crippen LogP contribution in [0.4, 0.5) is 10.5 Å². The van der Waals surface area contributed by atoms with Gasteiger partial charge in [-0.25, -0.2) is 9.78 Å². The first-order valence-electron chi connectivity index (χ1n) is 13.2. The number of aromatic nitrogens is 2. The maximum Gasteiger partial charge on any atom is 0.407 e. The number of ether oxygens (including phenoxy) is 2. The molecule has 2 aromatic carbocycles. The number of benzene rings is 2. The number of amides is 2. The number of ketones is 1. The average molecular weight is 591 g/mol. The summed E-state index contributed by atoms with van der Waals surface area (Å²) in [7, 11) is 1.46. The SMILES string of the molecule is COc1cc2[nH]c(=O)c(C(=O)Nc3cc(C(=O)CC(CNC(=O)OC(C)(C)C)c4ccccc4)ccc3Cl)cc2cn1. The van der Waals surface area contributed by atoms with E-state index >= 15 is 0 Å². The van der Waals surface area contributed by atoms with Crippen LogP contribution in [0.2, 0.25) is 5.02 Å². The molecule has 0 aliphatic carbocycles. The number of anilines is 1. The fraction of sp³-hybridized carbons (Fsp3) is 0.258. The first-order chi connectivity index (χ1) is 19.9. The molecule has 4 rings (SSSR count). The van der Waals surface area contributed by atoms with E-state index in [1.165, 1.54) is 31.5 Å². The highest BCUT2D eigenvalue weighted by atomic mass is 35.5. The quantitative estimate of drug-likeness (QED) is 0.212. The van der Waals surface area contributed by atoms with Crippen molar-refractivity contribution in [3.63, 3.8) is 0 Å². The summed E-state index contributed by atoms with van der Waals surface area (Å²) >= 11 is 6.34. The van der Waals surface area contributed by atoms with Crippen LogP contribution in [0.5, 0.6) is 5.88 Å². The predicted molar refractivity (Wildman–Crippen MR) is 161 cm³/mol. The molecule has 1 unspecified atom stereocenters. The summed E-state index contributed by atoms with van der Waals surface area (Å²) in [6, 6.07) is 16.8. The zero-order chi connectivity index (χ0) is 30.4. The topological polar surface area (TPSA) is 139 Å². The first kappa shape index (κ1) is 30.3. The summed E-state index contributed by atoms with van der Waals surface area (Å²) < 4.78 is 10.4. The molecule has 0 saturated heterocycles. The number of nitrogens with zero attached hydrogens (tertiary/aromatic N) is 1. The third kappa shape index (κ3) is 7.73. The zero-order valence-electron chi connectivity index (χ0n) is 23.6. The van der Waals surface area contributed by atoms with Gasteiger partial charge in [-0.3, -0.25) is 14.4 Å². The fourth-order valence-corrected chi connectivity index (χ4v) is 4.41. The van der Waals surface area contributed by atoms with Gasteiger partial charge in [0.2, 0.25) is 5.88 Å². The number of carbonyl (C=O) groups is 3. The summed E-state index contributed by atoms with van der Waals surface area (Å²) in [6.07, 6.45) is 0.967. The lowest BCUT2D eigenvalue weighted by molar-refractivity contribution is 0.0522. The molecule has 11 heteroatoms. The summed E-state index contributed by atoms with van der Waals surface area (Å²) in [4.78, 5) is 58.2. The minimum absolute atomic E-state index is 0.0651. The van der Waals surface area contributed by atoms with Gasteiger partial charge < -0.3 is 25.1 Å². The number of H-pyrrole nitrogens is 1. The maximum atomic E-state index is 13.4. The van der Waals surface area contributed by atoms with E-state index in [4.69, 9.17) is 21.1 Å². The minimum atomic E-state index is -0.704. The number of carbonyl (C=O) groups excluding carboxylic acids is 3. The number of nitrogens with one attached hydrogen (secondary N) is 3. The van der Waals surface area contributed by atoms with Crippen molar-refractivity contribution in [1.82, 2.24) is 15.3 Å². The van der Waals surface area contributed by atoms with Crippen molar-refractivity contribution < 1.29 is 23.9 Å². The molecule has 1 atom stereocenters. The Bertz CT molecular complexity index is 1680. The normalized spacial score (nSPS) is 11.9. The molecule has 0 aliphatic heterocycles. The van der Waals surface area contributed by atoms with E-state index in [0.717, 1.165) is 5.56 Å². The Morgan fingerprint density at radius 1 is 1.05 bits per heavy atom. The standard InChI is InChI=1S/C31H31ClN4O6/c1-31(2,3)42-30(40)34-16-20(18-8-6-5-7-9-18)14-26(37)19-10-11-23(32)25(13-19)36-29(39)22-12-21-17-33-27(41-4)15-24(21)35-28(22)38/h5-13,15,17,20H,14,16H2,1-4H3,(H,34,40)(H,35,38)(H,36,39). The van der Waals surface area contributed by atoms with E-state index in [2.05, 4.69) is 20.6 Å². The second-order valence-electron chi connectivity index (χ2n) is 10.6. The largest absolute Gasteiger partial charge is 0.481 e. The smallest absolute Gasteiger partial charge is 0.407 e. The van der Waals surface area contributed by atoms with Crippen molar-refractivity contribution in [2.45, 2.75) is 38.7 Å². The van der Waals surface area contributed by atoms with Gasteiger partial charge in [0.25, 0.3) is 11.5 Å². The predicted octanol–water partition coefficient (Wildman–Crippen LogP) is 5.72. The lowest BCUT2D eigenvalue weighted by Gasteiger charge is -2.22. The highest BCUT2D eigenvalue weighted by Gasteiger charge is 2.22. The van der Waals surface area contributed by atoms with Crippen LogP contribution in [0, 0.1) is 0 Å². The maximum absolute atomic E-state index is 13.4. The first-order valence-corrected chi connectivity index (χ1v) is 13.5. The summed E-state index contributed by atoms with van der Waals surface area (Å²) in [6.45, 7) is 5.48. The molecule has 218 valence electrons. The Balaban J connectivity index is 1.52. The zero-order valence-corrected chi connectivity index (χ0v) is 24.4. The summed E-state index contributed by atoms with van der Waals surface area (Å²) in [5.74, 6) is -0.961. The van der Waals surface area contributed by atoms with Crippen LogP contribution in [0.25, 0.3) is 10.9 Å². The Kier molecular flexibility index (Phi) is 9.27. The molecule has 0 radical (unpaired) electrons. The number of halogens is 1. The number of pyridine rings is 2. The molecule has 4 aromatic rings. The van der Waals surface area contributed by atoms with E-state index in [9.17, 15) is 19.2 Å². The molecule has 2 amide bonds. The molecule has 0 saturated carbocycles. The average Bonchev–Trinajstić information content (AvgIpc) is 2.95. The Labute approximate surface area is 247 Å². The van der Waals surface area contributed by atoms with Crippen molar-refractivity contribution in [2.75, 3.05) is 19.0 Å². The van der Waals surface area contributed by atoms with Gasteiger partial charge >= 0.3 is 6.09 Å². The van der Waals surface area contributed by atoms with Crippen LogP contribution < -0.4 is 20.9 Å². The fourth-order valence-electron chi connectivity index (χ4n) is 4.24. The van der Waals surface area contributed by atoms with E-state index in [1.54, 1.807) is 32.9 Å². The number of alkyl carbamates (subject to hydrolysis) is 1. The van der Waals surface area contributed by atoms with Gasteiger partial charge in [0.1, 0.15) is 11.2 Å². The van der Waals surface area contributed by atoms with Crippen LogP contribution in [0.1, 0.15) is 59.4 Å². The molecule has 2 aromatic heterocycles. The Morgan fingerprint density at radius 3 is 2.48 bits per heavy atom. The van der Waals surface area contributed by atoms with E-state index in [-0.39, 0.29) is 40.9 Å². The molecule has 0 spiro atoms. The monoisotopic (exact) mass is 590 g/mol. The number of hydrogen-bond acceptors (Lipinski definition) is 7. The second-order valence-corrected chi connectivity index (χ2v) is 11.0. The molecule has 0 bridgehead atoms. The molecule has 3 N–H and O–H groups in total. The van der Waals surface area contributed by atoms with Crippen molar-refractivity contribution in [3.05, 3.63) is 98.9 Å². The summed E-state index contributed by atoms with van der Waals surface area (Å²) in [5, 5.41) is 6.10. The van der Waals surface area contributed by atoms with Crippen molar-refractivity contribution in [1.29, 1.82) is 0 Å². The Hall–Kier alpha value is -4.70. The third-order valence-corrected chi connectivity index (χ3v) is 6.62. The lowest BCUT2D eigenvalue weighted by Crippen LogP contribution is -2.35. The number of rotatable bonds is 9. The van der Waals surface area contributed by atoms with Crippen molar-refractivity contribution in [2.24, 2.45) is 0 Å². The van der Waals surface area contributed by atoms with Gasteiger partial charge in [0, 0.05) is 42.1 Å². The number of hydrogen-bond donors (Lipinski definition) is 3. The number of Topliss-reactive ketones (excluding diaryl/α,β-unsaturated/α-hetero) is 1. The molecule has 0 aliphatic rings. The minimum Gasteiger partial charge on any atom is -0.481 e. The van der Waals surface area contributed by atoms with E-state index in [0.29, 0.717) is 22.3 Å². The second kappa shape index (κ2) is 12.9. The van der Waals surface area contributed by atoms with Crippen molar-refractivity contribution >= 4 is 46.0 Å². The van der Waals surface area contributed by atoms with Gasteiger partial charge in [-0.2, -0.15) is 0 Å². The highest BCUT2D eigenvalue weighted by Crippen LogP contribution is 2.27. The molecule has 10 nitrogen and oxygen atoms in total. The number of methoxy groups -OCH3 is 1. The molecule has 2 heterocycles. The third-order valence-electron chi connectivity index (χ3n) is 6.29. The molecule has 0 fully saturated rings. The van der Waals surface area contributed by atoms with Crippen LogP contribution in [0.3, 0.4) is 0 Å². The van der Waals surface area contributed by atoms with Gasteiger partial charge in [-0.05, 0) is 50.6 Å². The van der Waals surface area contributed by atoms with Gasteiger partial charge in [0.15, 0.2) is 5.78 Å². The number of aromatic amines is 1.